The SMILES string of the molecule is CCOC(=O)CCN(CC(=O)O)Cc1cccc(OC)c1. The van der Waals surface area contributed by atoms with Crippen LogP contribution >= 0.6 is 0 Å². The Bertz CT molecular complexity index is 475. The molecule has 0 aliphatic carbocycles. The standard InChI is InChI=1S/C15H21NO5/c1-3-21-15(19)7-8-16(11-14(17)18)10-12-5-4-6-13(9-12)20-2/h4-6,9H,3,7-8,10-11H2,1-2H3,(H,17,18). The molecule has 0 radical (unpaired) electrons. The maximum atomic E-state index is 11.4. The van der Waals surface area contributed by atoms with Crippen molar-refractivity contribution in [1.82, 2.24) is 4.90 Å². The van der Waals surface area contributed by atoms with Crippen LogP contribution in [0.1, 0.15) is 18.9 Å². The molecule has 0 saturated carbocycles. The monoisotopic (exact) mass is 295 g/mol. The first-order valence-corrected chi connectivity index (χ1v) is 6.77. The first-order valence-electron chi connectivity index (χ1n) is 6.77. The summed E-state index contributed by atoms with van der Waals surface area (Å²) in [6.07, 6.45) is 0.172. The largest absolute Gasteiger partial charge is 0.497 e. The topological polar surface area (TPSA) is 76.1 Å². The second kappa shape index (κ2) is 8.97. The molecule has 0 aliphatic heterocycles. The van der Waals surface area contributed by atoms with Crippen molar-refractivity contribution in [1.29, 1.82) is 0 Å². The lowest BCUT2D eigenvalue weighted by Crippen LogP contribution is -2.31. The molecule has 0 saturated heterocycles. The lowest BCUT2D eigenvalue weighted by atomic mass is 10.2. The van der Waals surface area contributed by atoms with Crippen LogP contribution in [-0.2, 0) is 20.9 Å². The fourth-order valence-corrected chi connectivity index (χ4v) is 1.92. The third kappa shape index (κ3) is 6.76. The number of methoxy groups -OCH3 is 1. The van der Waals surface area contributed by atoms with E-state index >= 15 is 0 Å². The predicted octanol–water partition coefficient (Wildman–Crippen LogP) is 1.53. The maximum Gasteiger partial charge on any atom is 0.317 e. The van der Waals surface area contributed by atoms with E-state index in [1.807, 2.05) is 24.3 Å². The number of carbonyl (C=O) groups is 2. The van der Waals surface area contributed by atoms with Crippen LogP contribution in [0, 0.1) is 0 Å². The number of carboxylic acids is 1. The highest BCUT2D eigenvalue weighted by molar-refractivity contribution is 5.70. The van der Waals surface area contributed by atoms with E-state index in [0.717, 1.165) is 5.56 Å². The number of esters is 1. The Morgan fingerprint density at radius 2 is 2.10 bits per heavy atom. The van der Waals surface area contributed by atoms with Gasteiger partial charge in [0.1, 0.15) is 5.75 Å². The van der Waals surface area contributed by atoms with Crippen molar-refractivity contribution in [2.24, 2.45) is 0 Å². The third-order valence-corrected chi connectivity index (χ3v) is 2.84. The molecule has 0 bridgehead atoms. The lowest BCUT2D eigenvalue weighted by molar-refractivity contribution is -0.145. The molecule has 6 heteroatoms. The molecule has 116 valence electrons. The van der Waals surface area contributed by atoms with E-state index in [4.69, 9.17) is 14.6 Å². The van der Waals surface area contributed by atoms with Crippen LogP contribution in [0.3, 0.4) is 0 Å². The van der Waals surface area contributed by atoms with Crippen LogP contribution in [-0.4, -0.2) is 48.8 Å². The van der Waals surface area contributed by atoms with Crippen LogP contribution in [0.2, 0.25) is 0 Å². The highest BCUT2D eigenvalue weighted by Crippen LogP contribution is 2.14. The van der Waals surface area contributed by atoms with Gasteiger partial charge in [0.15, 0.2) is 0 Å². The van der Waals surface area contributed by atoms with E-state index in [1.165, 1.54) is 0 Å². The van der Waals surface area contributed by atoms with E-state index in [-0.39, 0.29) is 18.9 Å². The van der Waals surface area contributed by atoms with Crippen LogP contribution in [0.4, 0.5) is 0 Å². The van der Waals surface area contributed by atoms with Crippen molar-refractivity contribution in [3.63, 3.8) is 0 Å². The zero-order valence-electron chi connectivity index (χ0n) is 12.4. The molecule has 0 amide bonds. The van der Waals surface area contributed by atoms with Crippen LogP contribution in [0.25, 0.3) is 0 Å². The molecular formula is C15H21NO5. The summed E-state index contributed by atoms with van der Waals surface area (Å²) in [6.45, 7) is 2.71. The molecule has 21 heavy (non-hydrogen) atoms. The van der Waals surface area contributed by atoms with E-state index in [1.54, 1.807) is 18.9 Å². The normalized spacial score (nSPS) is 10.4. The van der Waals surface area contributed by atoms with E-state index in [2.05, 4.69) is 0 Å². The fourth-order valence-electron chi connectivity index (χ4n) is 1.92. The molecule has 0 unspecified atom stereocenters. The average Bonchev–Trinajstić information content (AvgIpc) is 2.45. The van der Waals surface area contributed by atoms with E-state index < -0.39 is 5.97 Å². The van der Waals surface area contributed by atoms with Crippen molar-refractivity contribution >= 4 is 11.9 Å². The van der Waals surface area contributed by atoms with Gasteiger partial charge in [0.05, 0.1) is 26.7 Å². The van der Waals surface area contributed by atoms with Crippen LogP contribution in [0.15, 0.2) is 24.3 Å². The summed E-state index contributed by atoms with van der Waals surface area (Å²) in [5.41, 5.74) is 0.930. The first kappa shape index (κ1) is 17.0. The third-order valence-electron chi connectivity index (χ3n) is 2.84. The highest BCUT2D eigenvalue weighted by atomic mass is 16.5. The Balaban J connectivity index is 2.64. The molecule has 0 aromatic heterocycles. The number of carbonyl (C=O) groups excluding carboxylic acids is 1. The fraction of sp³-hybridized carbons (Fsp3) is 0.467. The molecular weight excluding hydrogens is 274 g/mol. The minimum atomic E-state index is -0.929. The van der Waals surface area contributed by atoms with E-state index in [9.17, 15) is 9.59 Å². The molecule has 6 nitrogen and oxygen atoms in total. The Hall–Kier alpha value is -2.08. The molecule has 1 aromatic rings. The number of aliphatic carboxylic acids is 1. The van der Waals surface area contributed by atoms with Crippen molar-refractivity contribution in [2.45, 2.75) is 19.9 Å². The Labute approximate surface area is 124 Å². The summed E-state index contributed by atoms with van der Waals surface area (Å²) >= 11 is 0. The smallest absolute Gasteiger partial charge is 0.317 e. The zero-order chi connectivity index (χ0) is 15.7. The van der Waals surface area contributed by atoms with Gasteiger partial charge in [-0.25, -0.2) is 0 Å². The van der Waals surface area contributed by atoms with Crippen molar-refractivity contribution < 1.29 is 24.2 Å². The van der Waals surface area contributed by atoms with Gasteiger partial charge in [0.2, 0.25) is 0 Å². The summed E-state index contributed by atoms with van der Waals surface area (Å²) in [5.74, 6) is -0.534. The number of carboxylic acid groups (broad SMARTS) is 1. The summed E-state index contributed by atoms with van der Waals surface area (Å²) in [4.78, 5) is 24.0. The molecule has 1 rings (SSSR count). The quantitative estimate of drug-likeness (QED) is 0.696. The number of benzene rings is 1. The van der Waals surface area contributed by atoms with Gasteiger partial charge in [-0.15, -0.1) is 0 Å². The second-order valence-corrected chi connectivity index (χ2v) is 4.51. The molecule has 1 N–H and O–H groups in total. The Morgan fingerprint density at radius 3 is 2.71 bits per heavy atom. The number of hydrogen-bond donors (Lipinski definition) is 1. The maximum absolute atomic E-state index is 11.4. The number of hydrogen-bond acceptors (Lipinski definition) is 5. The van der Waals surface area contributed by atoms with Gasteiger partial charge >= 0.3 is 11.9 Å². The van der Waals surface area contributed by atoms with Gasteiger partial charge in [0, 0.05) is 13.1 Å². The summed E-state index contributed by atoms with van der Waals surface area (Å²) in [5, 5.41) is 8.95. The zero-order valence-corrected chi connectivity index (χ0v) is 12.4. The Kier molecular flexibility index (Phi) is 7.25. The van der Waals surface area contributed by atoms with Gasteiger partial charge in [-0.1, -0.05) is 12.1 Å². The highest BCUT2D eigenvalue weighted by Gasteiger charge is 2.13. The Morgan fingerprint density at radius 1 is 1.33 bits per heavy atom. The van der Waals surface area contributed by atoms with Crippen molar-refractivity contribution in [3.05, 3.63) is 29.8 Å². The first-order chi connectivity index (χ1) is 10.0. The molecule has 0 fully saturated rings. The van der Waals surface area contributed by atoms with Gasteiger partial charge in [-0.3, -0.25) is 14.5 Å². The summed E-state index contributed by atoms with van der Waals surface area (Å²) in [6, 6.07) is 7.41. The lowest BCUT2D eigenvalue weighted by Gasteiger charge is -2.20. The average molecular weight is 295 g/mol. The molecule has 0 aliphatic rings. The minimum absolute atomic E-state index is 0.128. The van der Waals surface area contributed by atoms with Crippen molar-refractivity contribution in [3.8, 4) is 5.75 Å². The number of rotatable bonds is 9. The molecule has 0 atom stereocenters. The van der Waals surface area contributed by atoms with Gasteiger partial charge in [-0.2, -0.15) is 0 Å². The van der Waals surface area contributed by atoms with E-state index in [0.29, 0.717) is 25.4 Å². The molecule has 0 spiro atoms. The summed E-state index contributed by atoms with van der Waals surface area (Å²) < 4.78 is 9.99. The van der Waals surface area contributed by atoms with Crippen LogP contribution in [0.5, 0.6) is 5.75 Å². The van der Waals surface area contributed by atoms with Gasteiger partial charge in [0.25, 0.3) is 0 Å². The minimum Gasteiger partial charge on any atom is -0.497 e. The van der Waals surface area contributed by atoms with Gasteiger partial charge in [-0.05, 0) is 24.6 Å². The number of nitrogens with zero attached hydrogens (tertiary/aromatic N) is 1. The van der Waals surface area contributed by atoms with Gasteiger partial charge < -0.3 is 14.6 Å². The van der Waals surface area contributed by atoms with Crippen LogP contribution < -0.4 is 4.74 Å². The summed E-state index contributed by atoms with van der Waals surface area (Å²) in [7, 11) is 1.58. The molecule has 0 heterocycles. The second-order valence-electron chi connectivity index (χ2n) is 4.51. The number of ether oxygens (including phenoxy) is 2. The predicted molar refractivity (Wildman–Crippen MR) is 77.2 cm³/mol. The van der Waals surface area contributed by atoms with Crippen molar-refractivity contribution in [2.75, 3.05) is 26.8 Å². The molecule has 1 aromatic carbocycles.